The number of anilines is 1. The van der Waals surface area contributed by atoms with Gasteiger partial charge in [0, 0.05) is 46.1 Å². The summed E-state index contributed by atoms with van der Waals surface area (Å²) in [6.07, 6.45) is -2.43. The Morgan fingerprint density at radius 2 is 1.76 bits per heavy atom. The Morgan fingerprint density at radius 1 is 1.05 bits per heavy atom. The minimum absolute atomic E-state index is 0.0267. The molecule has 2 heterocycles. The molecule has 2 aliphatic heterocycles. The molecule has 0 aromatic heterocycles. The summed E-state index contributed by atoms with van der Waals surface area (Å²) in [5.41, 5.74) is -0.404. The number of nitrogens with zero attached hydrogens (tertiary/aromatic N) is 2. The number of halogens is 4. The smallest absolute Gasteiger partial charge is 0.381 e. The molecule has 1 aliphatic carbocycles. The molecule has 3 fully saturated rings. The zero-order valence-corrected chi connectivity index (χ0v) is 22.2. The van der Waals surface area contributed by atoms with Gasteiger partial charge in [-0.2, -0.15) is 13.2 Å². The van der Waals surface area contributed by atoms with Crippen LogP contribution < -0.4 is 5.32 Å². The Balaban J connectivity index is 1.40. The van der Waals surface area contributed by atoms with Crippen LogP contribution >= 0.6 is 11.8 Å². The van der Waals surface area contributed by atoms with Crippen LogP contribution in [0.4, 0.5) is 23.2 Å². The molecular formula is C28H33F4N3O2S. The first-order chi connectivity index (χ1) is 18.3. The average Bonchev–Trinajstić information content (AvgIpc) is 3.71. The zero-order valence-electron chi connectivity index (χ0n) is 21.4. The SMILES string of the molecule is CN1CCC(Nc2ccccc2Sc2ccc(C3CC3C(=O)N3CCOCC3)c(C(F)(F)F)c2CF)CC1. The summed E-state index contributed by atoms with van der Waals surface area (Å²) in [6, 6.07) is 10.8. The van der Waals surface area contributed by atoms with Gasteiger partial charge in [-0.25, -0.2) is 4.39 Å². The molecule has 0 bridgehead atoms. The van der Waals surface area contributed by atoms with Crippen molar-refractivity contribution in [3.63, 3.8) is 0 Å². The van der Waals surface area contributed by atoms with E-state index in [9.17, 15) is 22.4 Å². The molecule has 38 heavy (non-hydrogen) atoms. The normalized spacial score (nSPS) is 22.9. The van der Waals surface area contributed by atoms with Crippen LogP contribution in [0.1, 0.15) is 41.9 Å². The molecule has 0 radical (unpaired) electrons. The van der Waals surface area contributed by atoms with E-state index in [0.29, 0.717) is 32.7 Å². The Hall–Kier alpha value is -2.30. The number of carbonyl (C=O) groups is 1. The van der Waals surface area contributed by atoms with Gasteiger partial charge in [0.1, 0.15) is 6.67 Å². The van der Waals surface area contributed by atoms with Crippen molar-refractivity contribution in [2.24, 2.45) is 5.92 Å². The first-order valence-electron chi connectivity index (χ1n) is 13.1. The van der Waals surface area contributed by atoms with Crippen LogP contribution in [0.5, 0.6) is 0 Å². The predicted octanol–water partition coefficient (Wildman–Crippen LogP) is 5.79. The second-order valence-corrected chi connectivity index (χ2v) is 11.4. The van der Waals surface area contributed by atoms with Crippen molar-refractivity contribution >= 4 is 23.4 Å². The maximum absolute atomic E-state index is 14.4. The van der Waals surface area contributed by atoms with E-state index in [4.69, 9.17) is 4.74 Å². The number of hydrogen-bond acceptors (Lipinski definition) is 5. The van der Waals surface area contributed by atoms with E-state index in [0.717, 1.165) is 48.3 Å². The molecule has 0 spiro atoms. The van der Waals surface area contributed by atoms with Gasteiger partial charge in [-0.1, -0.05) is 30.0 Å². The summed E-state index contributed by atoms with van der Waals surface area (Å²) in [5.74, 6) is -1.19. The van der Waals surface area contributed by atoms with Crippen molar-refractivity contribution in [2.45, 2.75) is 53.9 Å². The molecular weight excluding hydrogens is 518 g/mol. The topological polar surface area (TPSA) is 44.8 Å². The number of alkyl halides is 4. The van der Waals surface area contributed by atoms with E-state index in [1.54, 1.807) is 11.0 Å². The van der Waals surface area contributed by atoms with Crippen molar-refractivity contribution in [1.29, 1.82) is 0 Å². The van der Waals surface area contributed by atoms with Crippen molar-refractivity contribution in [2.75, 3.05) is 51.8 Å². The Morgan fingerprint density at radius 3 is 2.45 bits per heavy atom. The average molecular weight is 552 g/mol. The lowest BCUT2D eigenvalue weighted by Gasteiger charge is -2.30. The number of nitrogens with one attached hydrogen (secondary N) is 1. The lowest BCUT2D eigenvalue weighted by Crippen LogP contribution is -2.41. The van der Waals surface area contributed by atoms with Gasteiger partial charge in [-0.15, -0.1) is 0 Å². The van der Waals surface area contributed by atoms with Crippen LogP contribution in [0.2, 0.25) is 0 Å². The minimum Gasteiger partial charge on any atom is -0.381 e. The molecule has 1 amide bonds. The number of hydrogen-bond donors (Lipinski definition) is 1. The number of ether oxygens (including phenoxy) is 1. The quantitative estimate of drug-likeness (QED) is 0.441. The first kappa shape index (κ1) is 27.3. The van der Waals surface area contributed by atoms with Crippen LogP contribution in [0.15, 0.2) is 46.2 Å². The Bertz CT molecular complexity index is 1150. The van der Waals surface area contributed by atoms with E-state index in [1.807, 2.05) is 24.3 Å². The molecule has 2 aromatic rings. The van der Waals surface area contributed by atoms with Crippen molar-refractivity contribution in [1.82, 2.24) is 9.80 Å². The minimum atomic E-state index is -4.73. The second-order valence-electron chi connectivity index (χ2n) is 10.3. The van der Waals surface area contributed by atoms with E-state index >= 15 is 0 Å². The van der Waals surface area contributed by atoms with Crippen LogP contribution in [0, 0.1) is 5.92 Å². The molecule has 2 aromatic carbocycles. The monoisotopic (exact) mass is 551 g/mol. The van der Waals surface area contributed by atoms with Crippen LogP contribution in [0.25, 0.3) is 0 Å². The molecule has 206 valence electrons. The summed E-state index contributed by atoms with van der Waals surface area (Å²) in [6.45, 7) is 2.49. The summed E-state index contributed by atoms with van der Waals surface area (Å²) in [5, 5.41) is 3.55. The fourth-order valence-electron chi connectivity index (χ4n) is 5.51. The number of para-hydroxylation sites is 1. The third-order valence-corrected chi connectivity index (χ3v) is 8.91. The maximum atomic E-state index is 14.4. The third kappa shape index (κ3) is 5.97. The van der Waals surface area contributed by atoms with Gasteiger partial charge in [-0.3, -0.25) is 4.79 Å². The molecule has 5 rings (SSSR count). The van der Waals surface area contributed by atoms with Crippen molar-refractivity contribution in [3.05, 3.63) is 53.1 Å². The lowest BCUT2D eigenvalue weighted by atomic mass is 9.96. The van der Waals surface area contributed by atoms with E-state index in [-0.39, 0.29) is 28.0 Å². The van der Waals surface area contributed by atoms with Crippen molar-refractivity contribution in [3.8, 4) is 0 Å². The predicted molar refractivity (Wildman–Crippen MR) is 139 cm³/mol. The fraction of sp³-hybridized carbons (Fsp3) is 0.536. The van der Waals surface area contributed by atoms with E-state index in [2.05, 4.69) is 17.3 Å². The number of piperidine rings is 1. The van der Waals surface area contributed by atoms with E-state index in [1.165, 1.54) is 6.07 Å². The van der Waals surface area contributed by atoms with Crippen LogP contribution in [0.3, 0.4) is 0 Å². The molecule has 1 saturated carbocycles. The van der Waals surface area contributed by atoms with Gasteiger partial charge in [0.25, 0.3) is 0 Å². The molecule has 2 atom stereocenters. The highest BCUT2D eigenvalue weighted by Gasteiger charge is 2.50. The third-order valence-electron chi connectivity index (χ3n) is 7.73. The molecule has 2 saturated heterocycles. The molecule has 10 heteroatoms. The van der Waals surface area contributed by atoms with Gasteiger partial charge in [0.2, 0.25) is 5.91 Å². The number of likely N-dealkylation sites (tertiary alicyclic amines) is 1. The van der Waals surface area contributed by atoms with Gasteiger partial charge in [-0.05, 0) is 69.1 Å². The molecule has 1 N–H and O–H groups in total. The first-order valence-corrected chi connectivity index (χ1v) is 14.0. The highest BCUT2D eigenvalue weighted by atomic mass is 32.2. The number of carbonyl (C=O) groups excluding carboxylic acids is 1. The summed E-state index contributed by atoms with van der Waals surface area (Å²) >= 11 is 1.15. The standard InChI is InChI=1S/C28H33F4N3O2S/c1-34-10-8-18(9-11-34)33-23-4-2-3-5-25(23)38-24-7-6-19(26(22(24)17-29)28(30,31)32)20-16-21(20)27(36)35-12-14-37-15-13-35/h2-7,18,20-21,33H,8-17H2,1H3. The Labute approximate surface area is 224 Å². The Kier molecular flexibility index (Phi) is 8.21. The number of rotatable bonds is 7. The van der Waals surface area contributed by atoms with Gasteiger partial charge in [0.15, 0.2) is 0 Å². The number of morpholine rings is 1. The number of amides is 1. The van der Waals surface area contributed by atoms with E-state index < -0.39 is 30.3 Å². The largest absolute Gasteiger partial charge is 0.417 e. The fourth-order valence-corrected chi connectivity index (χ4v) is 6.55. The van der Waals surface area contributed by atoms with Gasteiger partial charge < -0.3 is 19.9 Å². The lowest BCUT2D eigenvalue weighted by molar-refractivity contribution is -0.140. The van der Waals surface area contributed by atoms with Gasteiger partial charge >= 0.3 is 6.18 Å². The molecule has 2 unspecified atom stereocenters. The second kappa shape index (κ2) is 11.4. The van der Waals surface area contributed by atoms with Crippen LogP contribution in [-0.2, 0) is 22.4 Å². The van der Waals surface area contributed by atoms with Gasteiger partial charge in [0.05, 0.1) is 18.8 Å². The summed E-state index contributed by atoms with van der Waals surface area (Å²) in [7, 11) is 2.09. The summed E-state index contributed by atoms with van der Waals surface area (Å²) in [4.78, 5) is 17.8. The highest BCUT2D eigenvalue weighted by molar-refractivity contribution is 7.99. The zero-order chi connectivity index (χ0) is 26.9. The molecule has 3 aliphatic rings. The maximum Gasteiger partial charge on any atom is 0.417 e. The summed E-state index contributed by atoms with van der Waals surface area (Å²) < 4.78 is 62.9. The molecule has 5 nitrogen and oxygen atoms in total. The highest BCUT2D eigenvalue weighted by Crippen LogP contribution is 2.54. The number of benzene rings is 2. The van der Waals surface area contributed by atoms with Crippen molar-refractivity contribution < 1.29 is 27.1 Å². The van der Waals surface area contributed by atoms with Crippen LogP contribution in [-0.4, -0.2) is 68.2 Å².